The number of ether oxygens (including phenoxy) is 2. The summed E-state index contributed by atoms with van der Waals surface area (Å²) in [6, 6.07) is 9.27. The first-order valence-corrected chi connectivity index (χ1v) is 9.64. The molecule has 150 valence electrons. The number of aliphatic imine (C=N–C) groups is 1. The first kappa shape index (κ1) is 19.1. The largest absolute Gasteiger partial charge is 0.507 e. The summed E-state index contributed by atoms with van der Waals surface area (Å²) in [6.45, 7) is 6.00. The molecule has 29 heavy (non-hydrogen) atoms. The van der Waals surface area contributed by atoms with Crippen LogP contribution in [0, 0.1) is 6.92 Å². The van der Waals surface area contributed by atoms with E-state index in [2.05, 4.69) is 6.92 Å². The van der Waals surface area contributed by atoms with Crippen LogP contribution in [0.1, 0.15) is 30.5 Å². The van der Waals surface area contributed by atoms with Crippen LogP contribution in [0.15, 0.2) is 35.3 Å². The molecule has 3 aromatic carbocycles. The second-order valence-corrected chi connectivity index (χ2v) is 7.63. The molecule has 1 heterocycles. The highest BCUT2D eigenvalue weighted by atomic mass is 16.5. The highest BCUT2D eigenvalue weighted by Crippen LogP contribution is 2.48. The van der Waals surface area contributed by atoms with E-state index in [0.717, 1.165) is 39.8 Å². The maximum Gasteiger partial charge on any atom is 0.139 e. The van der Waals surface area contributed by atoms with Crippen molar-refractivity contribution in [3.63, 3.8) is 0 Å². The number of phenols is 2. The van der Waals surface area contributed by atoms with Gasteiger partial charge in [0.25, 0.3) is 0 Å². The van der Waals surface area contributed by atoms with Gasteiger partial charge in [0.05, 0.1) is 31.2 Å². The third kappa shape index (κ3) is 2.97. The molecule has 0 bridgehead atoms. The number of hydrogen-bond donors (Lipinski definition) is 2. The summed E-state index contributed by atoms with van der Waals surface area (Å²) in [6.07, 6.45) is 0.750. The molecular weight excluding hydrogens is 366 g/mol. The van der Waals surface area contributed by atoms with Gasteiger partial charge in [0.1, 0.15) is 23.0 Å². The molecule has 0 unspecified atom stereocenters. The monoisotopic (exact) mass is 391 g/mol. The lowest BCUT2D eigenvalue weighted by atomic mass is 9.87. The molecule has 0 aromatic heterocycles. The molecule has 4 rings (SSSR count). The number of methoxy groups -OCH3 is 2. The minimum absolute atomic E-state index is 0.128. The molecule has 0 fully saturated rings. The molecule has 1 aliphatic heterocycles. The standard InChI is InChI=1S/C24H25NO4/c1-12-8-17-16(6-7-18(26)22(17)20(9-12)28-4)23-19(27)11-15-10-13(2)25-14(3)21(15)24(23)29-5/h6-9,11,13,26-27H,10H2,1-5H3/t13-/m1/s1. The quantitative estimate of drug-likeness (QED) is 0.659. The van der Waals surface area contributed by atoms with Crippen LogP contribution in [0.4, 0.5) is 0 Å². The minimum Gasteiger partial charge on any atom is -0.507 e. The van der Waals surface area contributed by atoms with E-state index >= 15 is 0 Å². The van der Waals surface area contributed by atoms with Crippen LogP contribution in [0.3, 0.4) is 0 Å². The highest BCUT2D eigenvalue weighted by Gasteiger charge is 2.27. The SMILES string of the molecule is COc1c2c(cc(O)c1-c1ccc(O)c3c(OC)cc(C)cc13)C[C@@H](C)N=C2C. The number of rotatable bonds is 3. The van der Waals surface area contributed by atoms with Gasteiger partial charge in [-0.15, -0.1) is 0 Å². The fraction of sp³-hybridized carbons (Fsp3) is 0.292. The van der Waals surface area contributed by atoms with Crippen molar-refractivity contribution in [1.82, 2.24) is 0 Å². The van der Waals surface area contributed by atoms with Gasteiger partial charge < -0.3 is 19.7 Å². The Labute approximate surface area is 170 Å². The molecular formula is C24H25NO4. The van der Waals surface area contributed by atoms with Crippen LogP contribution in [-0.2, 0) is 6.42 Å². The average Bonchev–Trinajstić information content (AvgIpc) is 2.66. The second kappa shape index (κ2) is 6.99. The number of aryl methyl sites for hydroxylation is 1. The van der Waals surface area contributed by atoms with Crippen molar-refractivity contribution in [2.75, 3.05) is 14.2 Å². The van der Waals surface area contributed by atoms with Crippen LogP contribution >= 0.6 is 0 Å². The van der Waals surface area contributed by atoms with Crippen LogP contribution in [-0.4, -0.2) is 36.2 Å². The molecule has 1 aliphatic rings. The number of hydrogen-bond acceptors (Lipinski definition) is 5. The van der Waals surface area contributed by atoms with Gasteiger partial charge in [0.15, 0.2) is 0 Å². The Morgan fingerprint density at radius 3 is 2.41 bits per heavy atom. The number of phenolic OH excluding ortho intramolecular Hbond substituents is 2. The zero-order valence-electron chi connectivity index (χ0n) is 17.3. The van der Waals surface area contributed by atoms with Crippen molar-refractivity contribution in [1.29, 1.82) is 0 Å². The summed E-state index contributed by atoms with van der Waals surface area (Å²) >= 11 is 0. The van der Waals surface area contributed by atoms with Gasteiger partial charge in [-0.25, -0.2) is 0 Å². The Balaban J connectivity index is 2.11. The van der Waals surface area contributed by atoms with Crippen LogP contribution in [0.5, 0.6) is 23.0 Å². The molecule has 0 spiro atoms. The average molecular weight is 391 g/mol. The third-order valence-corrected chi connectivity index (χ3v) is 5.53. The topological polar surface area (TPSA) is 71.3 Å². The van der Waals surface area contributed by atoms with E-state index in [4.69, 9.17) is 14.5 Å². The summed E-state index contributed by atoms with van der Waals surface area (Å²) in [7, 11) is 3.19. The molecule has 2 N–H and O–H groups in total. The molecule has 5 nitrogen and oxygen atoms in total. The van der Waals surface area contributed by atoms with Gasteiger partial charge in [0, 0.05) is 11.3 Å². The first-order valence-electron chi connectivity index (χ1n) is 9.64. The third-order valence-electron chi connectivity index (χ3n) is 5.53. The summed E-state index contributed by atoms with van der Waals surface area (Å²) in [5, 5.41) is 22.9. The summed E-state index contributed by atoms with van der Waals surface area (Å²) in [5.41, 5.74) is 5.20. The van der Waals surface area contributed by atoms with E-state index in [9.17, 15) is 10.2 Å². The lowest BCUT2D eigenvalue weighted by Gasteiger charge is -2.25. The molecule has 5 heteroatoms. The maximum atomic E-state index is 11.0. The fourth-order valence-corrected chi connectivity index (χ4v) is 4.42. The molecule has 0 amide bonds. The zero-order valence-corrected chi connectivity index (χ0v) is 17.3. The van der Waals surface area contributed by atoms with Gasteiger partial charge >= 0.3 is 0 Å². The van der Waals surface area contributed by atoms with Gasteiger partial charge in [-0.3, -0.25) is 4.99 Å². The predicted octanol–water partition coefficient (Wildman–Crippen LogP) is 5.00. The minimum atomic E-state index is 0.128. The number of fused-ring (bicyclic) bond motifs is 2. The van der Waals surface area contributed by atoms with E-state index in [0.29, 0.717) is 22.4 Å². The van der Waals surface area contributed by atoms with Gasteiger partial charge in [-0.1, -0.05) is 6.07 Å². The van der Waals surface area contributed by atoms with Crippen molar-refractivity contribution in [2.24, 2.45) is 4.99 Å². The van der Waals surface area contributed by atoms with Crippen LogP contribution in [0.2, 0.25) is 0 Å². The highest BCUT2D eigenvalue weighted by molar-refractivity contribution is 6.10. The lowest BCUT2D eigenvalue weighted by molar-refractivity contribution is 0.407. The Hall–Kier alpha value is -3.21. The zero-order chi connectivity index (χ0) is 20.9. The van der Waals surface area contributed by atoms with Gasteiger partial charge in [-0.05, 0) is 73.5 Å². The van der Waals surface area contributed by atoms with Crippen LogP contribution < -0.4 is 9.47 Å². The molecule has 3 aromatic rings. The Morgan fingerprint density at radius 2 is 1.72 bits per heavy atom. The van der Waals surface area contributed by atoms with E-state index < -0.39 is 0 Å². The van der Waals surface area contributed by atoms with Crippen LogP contribution in [0.25, 0.3) is 21.9 Å². The molecule has 0 saturated carbocycles. The van der Waals surface area contributed by atoms with Crippen molar-refractivity contribution in [3.8, 4) is 34.1 Å². The smallest absolute Gasteiger partial charge is 0.139 e. The van der Waals surface area contributed by atoms with Crippen molar-refractivity contribution in [3.05, 3.63) is 47.0 Å². The summed E-state index contributed by atoms with van der Waals surface area (Å²) < 4.78 is 11.3. The van der Waals surface area contributed by atoms with E-state index in [1.54, 1.807) is 26.4 Å². The number of aromatic hydroxyl groups is 2. The normalized spacial score (nSPS) is 15.8. The summed E-state index contributed by atoms with van der Waals surface area (Å²) in [4.78, 5) is 4.71. The fourth-order valence-electron chi connectivity index (χ4n) is 4.42. The Bertz CT molecular complexity index is 1160. The molecule has 0 aliphatic carbocycles. The van der Waals surface area contributed by atoms with E-state index in [1.165, 1.54) is 0 Å². The van der Waals surface area contributed by atoms with E-state index in [-0.39, 0.29) is 17.5 Å². The Kier molecular flexibility index (Phi) is 4.61. The summed E-state index contributed by atoms with van der Waals surface area (Å²) in [5.74, 6) is 1.46. The number of nitrogens with zero attached hydrogens (tertiary/aromatic N) is 1. The van der Waals surface area contributed by atoms with Crippen molar-refractivity contribution in [2.45, 2.75) is 33.2 Å². The molecule has 0 radical (unpaired) electrons. The first-order chi connectivity index (χ1) is 13.8. The van der Waals surface area contributed by atoms with Crippen molar-refractivity contribution >= 4 is 16.5 Å². The van der Waals surface area contributed by atoms with E-state index in [1.807, 2.05) is 32.0 Å². The Morgan fingerprint density at radius 1 is 0.966 bits per heavy atom. The number of benzene rings is 3. The molecule has 0 saturated heterocycles. The predicted molar refractivity (Wildman–Crippen MR) is 116 cm³/mol. The second-order valence-electron chi connectivity index (χ2n) is 7.63. The molecule has 1 atom stereocenters. The lowest BCUT2D eigenvalue weighted by Crippen LogP contribution is -2.18. The van der Waals surface area contributed by atoms with Crippen molar-refractivity contribution < 1.29 is 19.7 Å². The van der Waals surface area contributed by atoms with Gasteiger partial charge in [-0.2, -0.15) is 0 Å². The maximum absolute atomic E-state index is 11.0. The van der Waals surface area contributed by atoms with Gasteiger partial charge in [0.2, 0.25) is 0 Å².